The van der Waals surface area contributed by atoms with Crippen LogP contribution in [0.3, 0.4) is 0 Å². The van der Waals surface area contributed by atoms with Gasteiger partial charge in [0.25, 0.3) is 5.91 Å². The smallest absolute Gasteiger partial charge is 0.259 e. The number of nitrogens with one attached hydrogen (secondary N) is 2. The molecule has 8 heteroatoms. The van der Waals surface area contributed by atoms with Crippen LogP contribution < -0.4 is 25.0 Å². The molecule has 0 aliphatic carbocycles. The van der Waals surface area contributed by atoms with E-state index in [4.69, 9.17) is 9.47 Å². The zero-order valence-corrected chi connectivity index (χ0v) is 18.5. The van der Waals surface area contributed by atoms with Gasteiger partial charge in [0, 0.05) is 30.5 Å². The van der Waals surface area contributed by atoms with Crippen LogP contribution in [0.1, 0.15) is 29.0 Å². The quantitative estimate of drug-likeness (QED) is 0.571. The summed E-state index contributed by atoms with van der Waals surface area (Å²) in [6.45, 7) is 3.96. The number of rotatable bonds is 7. The molecule has 1 amide bonds. The normalized spacial score (nSPS) is 13.0. The standard InChI is InChI=1S/C24H27N5O3/c1-16-25-21(15-22(26-16)29-13-4-5-14-29)27-17-9-11-18(12-10-17)28-24(30)19-7-6-8-20(31-2)23(19)32-3/h6-12,15H,4-5,13-14H2,1-3H3,(H,28,30)(H,25,26,27). The summed E-state index contributed by atoms with van der Waals surface area (Å²) in [5, 5.41) is 6.22. The molecular weight excluding hydrogens is 406 g/mol. The molecule has 32 heavy (non-hydrogen) atoms. The van der Waals surface area contributed by atoms with Crippen LogP contribution in [-0.2, 0) is 0 Å². The molecule has 0 radical (unpaired) electrons. The van der Waals surface area contributed by atoms with E-state index in [1.54, 1.807) is 25.3 Å². The molecule has 1 aromatic heterocycles. The van der Waals surface area contributed by atoms with Gasteiger partial charge in [-0.3, -0.25) is 4.79 Å². The molecule has 4 rings (SSSR count). The van der Waals surface area contributed by atoms with Gasteiger partial charge in [-0.15, -0.1) is 0 Å². The number of benzene rings is 2. The zero-order valence-electron chi connectivity index (χ0n) is 18.5. The second-order valence-electron chi connectivity index (χ2n) is 7.55. The van der Waals surface area contributed by atoms with Crippen molar-refractivity contribution in [3.8, 4) is 11.5 Å². The number of ether oxygens (including phenoxy) is 2. The number of aromatic nitrogens is 2. The van der Waals surface area contributed by atoms with Crippen molar-refractivity contribution in [3.63, 3.8) is 0 Å². The van der Waals surface area contributed by atoms with Crippen molar-refractivity contribution in [2.24, 2.45) is 0 Å². The van der Waals surface area contributed by atoms with E-state index in [1.807, 2.05) is 37.3 Å². The fourth-order valence-corrected chi connectivity index (χ4v) is 3.77. The van der Waals surface area contributed by atoms with Gasteiger partial charge in [0.05, 0.1) is 19.8 Å². The Balaban J connectivity index is 1.46. The summed E-state index contributed by atoms with van der Waals surface area (Å²) < 4.78 is 10.6. The van der Waals surface area contributed by atoms with Gasteiger partial charge in [0.1, 0.15) is 17.5 Å². The minimum Gasteiger partial charge on any atom is -0.493 e. The summed E-state index contributed by atoms with van der Waals surface area (Å²) >= 11 is 0. The Bertz CT molecular complexity index is 1100. The fraction of sp³-hybridized carbons (Fsp3) is 0.292. The van der Waals surface area contributed by atoms with Crippen molar-refractivity contribution >= 4 is 28.9 Å². The average molecular weight is 434 g/mol. The molecule has 2 aromatic carbocycles. The first-order valence-electron chi connectivity index (χ1n) is 10.6. The van der Waals surface area contributed by atoms with Gasteiger partial charge in [-0.25, -0.2) is 9.97 Å². The van der Waals surface area contributed by atoms with E-state index in [0.717, 1.165) is 36.2 Å². The zero-order chi connectivity index (χ0) is 22.5. The number of nitrogens with zero attached hydrogens (tertiary/aromatic N) is 3. The van der Waals surface area contributed by atoms with Gasteiger partial charge in [-0.05, 0) is 56.2 Å². The predicted octanol–water partition coefficient (Wildman–Crippen LogP) is 4.40. The Morgan fingerprint density at radius 3 is 2.38 bits per heavy atom. The first-order chi connectivity index (χ1) is 15.6. The van der Waals surface area contributed by atoms with Crippen molar-refractivity contribution in [1.82, 2.24) is 9.97 Å². The molecule has 0 unspecified atom stereocenters. The Morgan fingerprint density at radius 2 is 1.69 bits per heavy atom. The Kier molecular flexibility index (Phi) is 6.39. The Morgan fingerprint density at radius 1 is 0.969 bits per heavy atom. The fourth-order valence-electron chi connectivity index (χ4n) is 3.77. The number of anilines is 4. The van der Waals surface area contributed by atoms with E-state index in [9.17, 15) is 4.79 Å². The second kappa shape index (κ2) is 9.55. The van der Waals surface area contributed by atoms with E-state index < -0.39 is 0 Å². The third kappa shape index (κ3) is 4.74. The van der Waals surface area contributed by atoms with Gasteiger partial charge in [-0.2, -0.15) is 0 Å². The number of hydrogen-bond acceptors (Lipinski definition) is 7. The minimum atomic E-state index is -0.275. The van der Waals surface area contributed by atoms with Crippen LogP contribution in [0.2, 0.25) is 0 Å². The lowest BCUT2D eigenvalue weighted by atomic mass is 10.1. The summed E-state index contributed by atoms with van der Waals surface area (Å²) in [6.07, 6.45) is 2.39. The lowest BCUT2D eigenvalue weighted by molar-refractivity contribution is 0.102. The first-order valence-corrected chi connectivity index (χ1v) is 10.6. The summed E-state index contributed by atoms with van der Waals surface area (Å²) in [7, 11) is 3.05. The van der Waals surface area contributed by atoms with Crippen LogP contribution in [0.5, 0.6) is 11.5 Å². The number of para-hydroxylation sites is 1. The van der Waals surface area contributed by atoms with Gasteiger partial charge in [-0.1, -0.05) is 6.07 Å². The van der Waals surface area contributed by atoms with Crippen LogP contribution in [0.15, 0.2) is 48.5 Å². The number of amides is 1. The molecule has 0 spiro atoms. The number of methoxy groups -OCH3 is 2. The van der Waals surface area contributed by atoms with E-state index in [-0.39, 0.29) is 5.91 Å². The summed E-state index contributed by atoms with van der Waals surface area (Å²) in [5.74, 6) is 3.06. The van der Waals surface area contributed by atoms with Crippen molar-refractivity contribution in [2.45, 2.75) is 19.8 Å². The SMILES string of the molecule is COc1cccc(C(=O)Nc2ccc(Nc3cc(N4CCCC4)nc(C)n3)cc2)c1OC. The van der Waals surface area contributed by atoms with E-state index in [1.165, 1.54) is 20.0 Å². The molecule has 0 bridgehead atoms. The number of carbonyl (C=O) groups is 1. The molecule has 1 saturated heterocycles. The molecule has 0 saturated carbocycles. The lowest BCUT2D eigenvalue weighted by Crippen LogP contribution is -2.19. The van der Waals surface area contributed by atoms with Crippen LogP contribution in [0, 0.1) is 6.92 Å². The topological polar surface area (TPSA) is 88.6 Å². The summed E-state index contributed by atoms with van der Waals surface area (Å²) in [6, 6.07) is 14.6. The Hall–Kier alpha value is -3.81. The van der Waals surface area contributed by atoms with Crippen molar-refractivity contribution in [1.29, 1.82) is 0 Å². The van der Waals surface area contributed by atoms with E-state index >= 15 is 0 Å². The molecular formula is C24H27N5O3. The van der Waals surface area contributed by atoms with Crippen LogP contribution in [0.4, 0.5) is 23.0 Å². The molecule has 0 atom stereocenters. The van der Waals surface area contributed by atoms with Gasteiger partial charge in [0.15, 0.2) is 11.5 Å². The number of aryl methyl sites for hydroxylation is 1. The Labute approximate surface area is 187 Å². The van der Waals surface area contributed by atoms with Gasteiger partial charge in [0.2, 0.25) is 0 Å². The van der Waals surface area contributed by atoms with Crippen LogP contribution in [0.25, 0.3) is 0 Å². The highest BCUT2D eigenvalue weighted by Crippen LogP contribution is 2.31. The van der Waals surface area contributed by atoms with Crippen molar-refractivity contribution < 1.29 is 14.3 Å². The third-order valence-corrected chi connectivity index (χ3v) is 5.32. The summed E-state index contributed by atoms with van der Waals surface area (Å²) in [5.41, 5.74) is 1.94. The van der Waals surface area contributed by atoms with Crippen molar-refractivity contribution in [2.75, 3.05) is 42.8 Å². The number of hydrogen-bond donors (Lipinski definition) is 2. The molecule has 1 aliphatic rings. The van der Waals surface area contributed by atoms with E-state index in [0.29, 0.717) is 22.7 Å². The molecule has 2 heterocycles. The largest absolute Gasteiger partial charge is 0.493 e. The minimum absolute atomic E-state index is 0.275. The monoisotopic (exact) mass is 433 g/mol. The van der Waals surface area contributed by atoms with Crippen molar-refractivity contribution in [3.05, 3.63) is 59.9 Å². The van der Waals surface area contributed by atoms with Crippen LogP contribution in [-0.4, -0.2) is 43.2 Å². The molecule has 8 nitrogen and oxygen atoms in total. The second-order valence-corrected chi connectivity index (χ2v) is 7.55. The highest BCUT2D eigenvalue weighted by Gasteiger charge is 2.17. The van der Waals surface area contributed by atoms with Crippen LogP contribution >= 0.6 is 0 Å². The highest BCUT2D eigenvalue weighted by molar-refractivity contribution is 6.06. The highest BCUT2D eigenvalue weighted by atomic mass is 16.5. The van der Waals surface area contributed by atoms with E-state index in [2.05, 4.69) is 25.5 Å². The average Bonchev–Trinajstić information content (AvgIpc) is 3.34. The maximum absolute atomic E-state index is 12.8. The maximum atomic E-state index is 12.8. The molecule has 2 N–H and O–H groups in total. The third-order valence-electron chi connectivity index (χ3n) is 5.32. The molecule has 3 aromatic rings. The molecule has 1 aliphatic heterocycles. The van der Waals surface area contributed by atoms with Gasteiger partial charge < -0.3 is 25.0 Å². The lowest BCUT2D eigenvalue weighted by Gasteiger charge is -2.18. The first kappa shape index (κ1) is 21.4. The summed E-state index contributed by atoms with van der Waals surface area (Å²) in [4.78, 5) is 24.1. The maximum Gasteiger partial charge on any atom is 0.259 e. The predicted molar refractivity (Wildman–Crippen MR) is 125 cm³/mol. The van der Waals surface area contributed by atoms with Gasteiger partial charge >= 0.3 is 0 Å². The molecule has 166 valence electrons. The number of carbonyl (C=O) groups excluding carboxylic acids is 1. The molecule has 1 fully saturated rings.